The van der Waals surface area contributed by atoms with E-state index in [-0.39, 0.29) is 22.8 Å². The number of anilines is 1. The number of carbonyl (C=O) groups excluding carboxylic acids is 2. The van der Waals surface area contributed by atoms with Gasteiger partial charge in [0.2, 0.25) is 5.76 Å². The number of esters is 1. The number of benzene rings is 2. The molecule has 2 aromatic carbocycles. The number of hydrogen-bond acceptors (Lipinski definition) is 4. The number of amides is 1. The van der Waals surface area contributed by atoms with Crippen molar-refractivity contribution in [2.45, 2.75) is 13.0 Å². The molecule has 1 atom stereocenters. The van der Waals surface area contributed by atoms with Crippen molar-refractivity contribution in [1.29, 1.82) is 0 Å². The van der Waals surface area contributed by atoms with Gasteiger partial charge in [-0.2, -0.15) is 0 Å². The topological polar surface area (TPSA) is 68.5 Å². The molecule has 0 spiro atoms. The molecule has 0 unspecified atom stereocenters. The second-order valence-electron chi connectivity index (χ2n) is 5.80. The Labute approximate surface area is 157 Å². The van der Waals surface area contributed by atoms with Crippen molar-refractivity contribution in [2.24, 2.45) is 0 Å². The van der Waals surface area contributed by atoms with Crippen LogP contribution in [0.4, 0.5) is 18.9 Å². The van der Waals surface area contributed by atoms with E-state index in [4.69, 9.17) is 9.15 Å². The number of nitrogens with one attached hydrogen (secondary N) is 1. The summed E-state index contributed by atoms with van der Waals surface area (Å²) in [5.41, 5.74) is -0.221. The average molecular weight is 389 g/mol. The first-order valence-corrected chi connectivity index (χ1v) is 8.17. The second-order valence-corrected chi connectivity index (χ2v) is 5.80. The van der Waals surface area contributed by atoms with Crippen LogP contribution in [0.25, 0.3) is 11.3 Å². The molecule has 0 saturated carbocycles. The lowest BCUT2D eigenvalue weighted by Gasteiger charge is -2.13. The number of ether oxygens (including phenoxy) is 1. The van der Waals surface area contributed by atoms with Crippen molar-refractivity contribution in [2.75, 3.05) is 5.32 Å². The van der Waals surface area contributed by atoms with Gasteiger partial charge in [0.1, 0.15) is 23.2 Å². The molecule has 0 aliphatic rings. The SMILES string of the molecule is C[C@@H](OC(=O)c1ccc(-c2ccccc2F)o1)C(=O)Nc1cc(F)ccc1F. The van der Waals surface area contributed by atoms with Gasteiger partial charge in [-0.15, -0.1) is 0 Å². The van der Waals surface area contributed by atoms with Gasteiger partial charge in [-0.1, -0.05) is 12.1 Å². The molecule has 3 aromatic rings. The maximum atomic E-state index is 13.8. The molecule has 0 saturated heterocycles. The Hall–Kier alpha value is -3.55. The highest BCUT2D eigenvalue weighted by molar-refractivity contribution is 5.96. The van der Waals surface area contributed by atoms with Crippen LogP contribution in [0.2, 0.25) is 0 Å². The summed E-state index contributed by atoms with van der Waals surface area (Å²) < 4.78 is 50.8. The second kappa shape index (κ2) is 7.99. The molecular formula is C20H14F3NO4. The van der Waals surface area contributed by atoms with E-state index in [1.165, 1.54) is 37.3 Å². The Morgan fingerprint density at radius 2 is 1.75 bits per heavy atom. The Morgan fingerprint density at radius 3 is 2.50 bits per heavy atom. The summed E-state index contributed by atoms with van der Waals surface area (Å²) in [7, 11) is 0. The summed E-state index contributed by atoms with van der Waals surface area (Å²) in [5, 5.41) is 2.13. The first kappa shape index (κ1) is 19.2. The van der Waals surface area contributed by atoms with Crippen molar-refractivity contribution in [1.82, 2.24) is 0 Å². The van der Waals surface area contributed by atoms with Crippen LogP contribution in [0, 0.1) is 17.5 Å². The van der Waals surface area contributed by atoms with E-state index >= 15 is 0 Å². The highest BCUT2D eigenvalue weighted by Gasteiger charge is 2.23. The number of rotatable bonds is 5. The van der Waals surface area contributed by atoms with Gasteiger partial charge in [0.25, 0.3) is 5.91 Å². The van der Waals surface area contributed by atoms with E-state index in [1.54, 1.807) is 6.07 Å². The fourth-order valence-electron chi connectivity index (χ4n) is 2.35. The Kier molecular flexibility index (Phi) is 5.49. The number of halogens is 3. The van der Waals surface area contributed by atoms with Gasteiger partial charge in [-0.25, -0.2) is 18.0 Å². The summed E-state index contributed by atoms with van der Waals surface area (Å²) in [4.78, 5) is 24.2. The van der Waals surface area contributed by atoms with Gasteiger partial charge in [0, 0.05) is 6.07 Å². The van der Waals surface area contributed by atoms with Gasteiger partial charge in [-0.05, 0) is 43.3 Å². The average Bonchev–Trinajstić information content (AvgIpc) is 3.15. The lowest BCUT2D eigenvalue weighted by atomic mass is 10.1. The zero-order valence-corrected chi connectivity index (χ0v) is 14.5. The molecule has 3 rings (SSSR count). The lowest BCUT2D eigenvalue weighted by Crippen LogP contribution is -2.30. The fourth-order valence-corrected chi connectivity index (χ4v) is 2.35. The van der Waals surface area contributed by atoms with Crippen molar-refractivity contribution in [3.05, 3.63) is 77.8 Å². The molecule has 0 radical (unpaired) electrons. The van der Waals surface area contributed by atoms with E-state index in [0.717, 1.165) is 18.2 Å². The molecule has 5 nitrogen and oxygen atoms in total. The number of hydrogen-bond donors (Lipinski definition) is 1. The Balaban J connectivity index is 1.66. The summed E-state index contributed by atoms with van der Waals surface area (Å²) in [5.74, 6) is -4.06. The zero-order valence-electron chi connectivity index (χ0n) is 14.5. The molecule has 0 aliphatic heterocycles. The van der Waals surface area contributed by atoms with E-state index in [0.29, 0.717) is 0 Å². The van der Waals surface area contributed by atoms with Crippen LogP contribution in [0.1, 0.15) is 17.5 Å². The van der Waals surface area contributed by atoms with Crippen LogP contribution >= 0.6 is 0 Å². The molecule has 144 valence electrons. The van der Waals surface area contributed by atoms with Crippen molar-refractivity contribution in [3.8, 4) is 11.3 Å². The van der Waals surface area contributed by atoms with Crippen LogP contribution in [0.3, 0.4) is 0 Å². The Morgan fingerprint density at radius 1 is 1.00 bits per heavy atom. The summed E-state index contributed by atoms with van der Waals surface area (Å²) in [6, 6.07) is 11.1. The zero-order chi connectivity index (χ0) is 20.3. The molecule has 0 aliphatic carbocycles. The van der Waals surface area contributed by atoms with Gasteiger partial charge in [0.05, 0.1) is 11.3 Å². The van der Waals surface area contributed by atoms with Gasteiger partial charge >= 0.3 is 5.97 Å². The molecular weight excluding hydrogens is 375 g/mol. The number of carbonyl (C=O) groups is 2. The van der Waals surface area contributed by atoms with Crippen LogP contribution in [0.15, 0.2) is 59.0 Å². The van der Waals surface area contributed by atoms with E-state index in [2.05, 4.69) is 5.32 Å². The molecule has 8 heteroatoms. The van der Waals surface area contributed by atoms with E-state index < -0.39 is 35.4 Å². The minimum absolute atomic E-state index is 0.115. The molecule has 0 fully saturated rings. The van der Waals surface area contributed by atoms with Crippen molar-refractivity contribution >= 4 is 17.6 Å². The molecule has 1 heterocycles. The lowest BCUT2D eigenvalue weighted by molar-refractivity contribution is -0.123. The van der Waals surface area contributed by atoms with Crippen LogP contribution in [-0.2, 0) is 9.53 Å². The molecule has 0 bridgehead atoms. The standard InChI is InChI=1S/C20H14F3NO4/c1-11(19(25)24-16-10-12(21)6-7-15(16)23)27-20(26)18-9-8-17(28-18)13-4-2-3-5-14(13)22/h2-11H,1H3,(H,24,25)/t11-/m1/s1. The molecule has 1 N–H and O–H groups in total. The predicted octanol–water partition coefficient (Wildman–Crippen LogP) is 4.55. The maximum Gasteiger partial charge on any atom is 0.375 e. The third-order valence-corrected chi connectivity index (χ3v) is 3.79. The molecule has 1 amide bonds. The maximum absolute atomic E-state index is 13.8. The predicted molar refractivity (Wildman–Crippen MR) is 94.0 cm³/mol. The first-order valence-electron chi connectivity index (χ1n) is 8.17. The minimum Gasteiger partial charge on any atom is -0.449 e. The minimum atomic E-state index is -1.32. The third kappa shape index (κ3) is 4.22. The van der Waals surface area contributed by atoms with E-state index in [9.17, 15) is 22.8 Å². The monoisotopic (exact) mass is 389 g/mol. The van der Waals surface area contributed by atoms with Gasteiger partial charge < -0.3 is 14.5 Å². The van der Waals surface area contributed by atoms with Crippen LogP contribution in [0.5, 0.6) is 0 Å². The van der Waals surface area contributed by atoms with Gasteiger partial charge in [0.15, 0.2) is 6.10 Å². The Bertz CT molecular complexity index is 1030. The van der Waals surface area contributed by atoms with Gasteiger partial charge in [-0.3, -0.25) is 4.79 Å². The quantitative estimate of drug-likeness (QED) is 0.650. The smallest absolute Gasteiger partial charge is 0.375 e. The highest BCUT2D eigenvalue weighted by Crippen LogP contribution is 2.25. The normalized spacial score (nSPS) is 11.7. The fraction of sp³-hybridized carbons (Fsp3) is 0.100. The number of furan rings is 1. The van der Waals surface area contributed by atoms with Crippen LogP contribution < -0.4 is 5.32 Å². The highest BCUT2D eigenvalue weighted by atomic mass is 19.1. The summed E-state index contributed by atoms with van der Waals surface area (Å²) in [6.45, 7) is 1.26. The summed E-state index contributed by atoms with van der Waals surface area (Å²) in [6.07, 6.45) is -1.32. The molecule has 1 aromatic heterocycles. The summed E-state index contributed by atoms with van der Waals surface area (Å²) >= 11 is 0. The van der Waals surface area contributed by atoms with Crippen molar-refractivity contribution in [3.63, 3.8) is 0 Å². The molecule has 28 heavy (non-hydrogen) atoms. The van der Waals surface area contributed by atoms with Crippen molar-refractivity contribution < 1.29 is 31.9 Å². The third-order valence-electron chi connectivity index (χ3n) is 3.79. The van der Waals surface area contributed by atoms with Crippen LogP contribution in [-0.4, -0.2) is 18.0 Å². The van der Waals surface area contributed by atoms with E-state index in [1.807, 2.05) is 0 Å². The largest absolute Gasteiger partial charge is 0.449 e. The first-order chi connectivity index (χ1) is 13.3.